The molecular formula is C29H29N5S. The van der Waals surface area contributed by atoms with Gasteiger partial charge in [-0.05, 0) is 49.3 Å². The van der Waals surface area contributed by atoms with E-state index in [1.807, 2.05) is 51.5 Å². The maximum Gasteiger partial charge on any atom is 0.129 e. The summed E-state index contributed by atoms with van der Waals surface area (Å²) < 4.78 is 0. The first-order valence-electron chi connectivity index (χ1n) is 11.1. The highest BCUT2D eigenvalue weighted by molar-refractivity contribution is 7.16. The molecule has 4 aromatic rings. The van der Waals surface area contributed by atoms with Gasteiger partial charge in [0.05, 0.1) is 10.4 Å². The van der Waals surface area contributed by atoms with Crippen LogP contribution in [0, 0.1) is 12.8 Å². The van der Waals surface area contributed by atoms with Gasteiger partial charge in [0, 0.05) is 41.9 Å². The van der Waals surface area contributed by atoms with Crippen molar-refractivity contribution in [1.29, 1.82) is 0 Å². The molecule has 0 aromatic carbocycles. The molecule has 0 spiro atoms. The summed E-state index contributed by atoms with van der Waals surface area (Å²) in [4.78, 5) is 19.9. The zero-order valence-corrected chi connectivity index (χ0v) is 21.1. The zero-order chi connectivity index (χ0) is 25.4. The average molecular weight is 480 g/mol. The number of fused-ring (bicyclic) bond motifs is 1. The van der Waals surface area contributed by atoms with Crippen LogP contribution in [0.4, 0.5) is 5.82 Å². The summed E-state index contributed by atoms with van der Waals surface area (Å²) in [6, 6.07) is 8.31. The van der Waals surface area contributed by atoms with Crippen molar-refractivity contribution < 1.29 is 0 Å². The van der Waals surface area contributed by atoms with Crippen LogP contribution in [0.1, 0.15) is 35.7 Å². The first-order chi connectivity index (χ1) is 17.0. The molecule has 2 N–H and O–H groups in total. The second-order valence-corrected chi connectivity index (χ2v) is 8.76. The molecule has 0 radical (unpaired) electrons. The summed E-state index contributed by atoms with van der Waals surface area (Å²) in [6.45, 7) is 11.8. The van der Waals surface area contributed by atoms with E-state index in [1.54, 1.807) is 17.4 Å². The molecule has 0 amide bonds. The van der Waals surface area contributed by atoms with Crippen molar-refractivity contribution in [2.45, 2.75) is 20.3 Å². The molecule has 0 aliphatic heterocycles. The number of pyridine rings is 2. The number of rotatable bonds is 8. The Hall–Kier alpha value is -4.21. The molecule has 4 aromatic heterocycles. The van der Waals surface area contributed by atoms with Gasteiger partial charge in [0.15, 0.2) is 0 Å². The van der Waals surface area contributed by atoms with Gasteiger partial charge < -0.3 is 10.3 Å². The number of nitrogens with one attached hydrogen (secondary N) is 2. The van der Waals surface area contributed by atoms with Gasteiger partial charge in [-0.25, -0.2) is 9.97 Å². The number of terminal acetylenes is 1. The van der Waals surface area contributed by atoms with Crippen LogP contribution in [0.3, 0.4) is 0 Å². The van der Waals surface area contributed by atoms with Gasteiger partial charge >= 0.3 is 0 Å². The Labute approximate surface area is 211 Å². The third kappa shape index (κ3) is 5.65. The largest absolute Gasteiger partial charge is 0.373 e. The third-order valence-corrected chi connectivity index (χ3v) is 6.58. The molecule has 6 heteroatoms. The van der Waals surface area contributed by atoms with Gasteiger partial charge in [-0.15, -0.1) is 24.2 Å². The summed E-state index contributed by atoms with van der Waals surface area (Å²) in [7, 11) is 1.89. The molecule has 5 nitrogen and oxygen atoms in total. The number of aromatic amines is 1. The maximum absolute atomic E-state index is 4.93. The minimum absolute atomic E-state index is 0.620. The van der Waals surface area contributed by atoms with Crippen molar-refractivity contribution in [2.24, 2.45) is 0 Å². The lowest BCUT2D eigenvalue weighted by molar-refractivity contribution is 1.02. The van der Waals surface area contributed by atoms with Gasteiger partial charge in [-0.3, -0.25) is 4.98 Å². The van der Waals surface area contributed by atoms with Gasteiger partial charge in [-0.2, -0.15) is 0 Å². The molecule has 0 saturated heterocycles. The number of imidazole rings is 1. The second kappa shape index (κ2) is 11.8. The molecule has 0 unspecified atom stereocenters. The fourth-order valence-corrected chi connectivity index (χ4v) is 4.61. The number of anilines is 1. The first-order valence-corrected chi connectivity index (χ1v) is 11.9. The lowest BCUT2D eigenvalue weighted by Crippen LogP contribution is -2.02. The smallest absolute Gasteiger partial charge is 0.129 e. The van der Waals surface area contributed by atoms with Crippen LogP contribution in [0.5, 0.6) is 0 Å². The van der Waals surface area contributed by atoms with Crippen molar-refractivity contribution in [3.63, 3.8) is 0 Å². The van der Waals surface area contributed by atoms with Crippen molar-refractivity contribution in [2.75, 3.05) is 12.4 Å². The van der Waals surface area contributed by atoms with Crippen molar-refractivity contribution in [1.82, 2.24) is 19.9 Å². The summed E-state index contributed by atoms with van der Waals surface area (Å²) >= 11 is 1.69. The average Bonchev–Trinajstić information content (AvgIpc) is 3.53. The molecular weight excluding hydrogens is 450 g/mol. The minimum Gasteiger partial charge on any atom is -0.373 e. The quantitative estimate of drug-likeness (QED) is 0.208. The Morgan fingerprint density at radius 2 is 2.03 bits per heavy atom. The number of hydrogen-bond donors (Lipinski definition) is 2. The molecule has 4 heterocycles. The highest BCUT2D eigenvalue weighted by atomic mass is 32.1. The number of nitrogens with zero attached hydrogens (tertiary/aromatic N) is 3. The van der Waals surface area contributed by atoms with Crippen LogP contribution < -0.4 is 5.32 Å². The Morgan fingerprint density at radius 1 is 1.23 bits per heavy atom. The highest BCUT2D eigenvalue weighted by Gasteiger charge is 2.15. The highest BCUT2D eigenvalue weighted by Crippen LogP contribution is 2.33. The molecule has 4 rings (SSSR count). The maximum atomic E-state index is 4.93. The number of hydrogen-bond acceptors (Lipinski definition) is 5. The molecule has 0 atom stereocenters. The summed E-state index contributed by atoms with van der Waals surface area (Å²) in [5.74, 6) is 1.71. The van der Waals surface area contributed by atoms with E-state index in [0.717, 1.165) is 60.4 Å². The monoisotopic (exact) mass is 479 g/mol. The van der Waals surface area contributed by atoms with Crippen molar-refractivity contribution in [3.8, 4) is 23.4 Å². The standard InChI is InChI=1S/C27H27N5S.C2H2/c1-6-8-9-18(7-2)20-14-19(27(28-5)30-16-20)15-24-31-21-12-13-29-26(25(21)32-24)23-11-10-22(33-23)17(3)4;1-2/h6-14,16H,1,3,15H2,2,4-5H3,(H,28,30)(H,31,32);1-2H/b9-8-,18-7+;. The van der Waals surface area contributed by atoms with Crippen LogP contribution in [0.15, 0.2) is 74.1 Å². The van der Waals surface area contributed by atoms with E-state index >= 15 is 0 Å². The van der Waals surface area contributed by atoms with E-state index in [-0.39, 0.29) is 0 Å². The predicted molar refractivity (Wildman–Crippen MR) is 151 cm³/mol. The summed E-state index contributed by atoms with van der Waals surface area (Å²) in [6.07, 6.45) is 20.1. The second-order valence-electron chi connectivity index (χ2n) is 7.68. The molecule has 0 bridgehead atoms. The molecule has 0 aliphatic carbocycles. The van der Waals surface area contributed by atoms with Crippen LogP contribution in [-0.2, 0) is 6.42 Å². The molecule has 176 valence electrons. The van der Waals surface area contributed by atoms with Gasteiger partial charge in [-0.1, -0.05) is 37.5 Å². The topological polar surface area (TPSA) is 66.5 Å². The van der Waals surface area contributed by atoms with E-state index in [9.17, 15) is 0 Å². The van der Waals surface area contributed by atoms with E-state index < -0.39 is 0 Å². The molecule has 0 saturated carbocycles. The summed E-state index contributed by atoms with van der Waals surface area (Å²) in [5.41, 5.74) is 6.99. The SMILES string of the molecule is C#C.C=C/C=C\C(=C/C)c1cnc(NC)c(Cc2nc3c(-c4ccc(C(=C)C)s4)nccc3[nH]2)c1. The number of H-pyrrole nitrogens is 1. The Balaban J connectivity index is 0.00000167. The molecule has 0 aliphatic rings. The normalized spacial score (nSPS) is 11.3. The zero-order valence-electron chi connectivity index (χ0n) is 20.3. The van der Waals surface area contributed by atoms with Crippen LogP contribution in [-0.4, -0.2) is 27.0 Å². The number of aromatic nitrogens is 4. The van der Waals surface area contributed by atoms with Gasteiger partial charge in [0.2, 0.25) is 0 Å². The third-order valence-electron chi connectivity index (χ3n) is 5.33. The molecule has 0 fully saturated rings. The number of thiophene rings is 1. The van der Waals surface area contributed by atoms with Crippen LogP contribution >= 0.6 is 11.3 Å². The Bertz CT molecular complexity index is 1430. The fraction of sp³-hybridized carbons (Fsp3) is 0.138. The van der Waals surface area contributed by atoms with Crippen LogP contribution in [0.25, 0.3) is 32.8 Å². The van der Waals surface area contributed by atoms with Crippen LogP contribution in [0.2, 0.25) is 0 Å². The number of allylic oxidation sites excluding steroid dienone is 6. The van der Waals surface area contributed by atoms with E-state index in [2.05, 4.69) is 70.5 Å². The summed E-state index contributed by atoms with van der Waals surface area (Å²) in [5, 5.41) is 3.20. The van der Waals surface area contributed by atoms with Gasteiger partial charge in [0.25, 0.3) is 0 Å². The minimum atomic E-state index is 0.620. The van der Waals surface area contributed by atoms with Crippen molar-refractivity contribution >= 4 is 39.3 Å². The van der Waals surface area contributed by atoms with E-state index in [4.69, 9.17) is 4.98 Å². The lowest BCUT2D eigenvalue weighted by atomic mass is 10.0. The van der Waals surface area contributed by atoms with Gasteiger partial charge in [0.1, 0.15) is 22.9 Å². The fourth-order valence-electron chi connectivity index (χ4n) is 3.68. The Kier molecular flexibility index (Phi) is 8.55. The lowest BCUT2D eigenvalue weighted by Gasteiger charge is -2.10. The Morgan fingerprint density at radius 3 is 2.69 bits per heavy atom. The van der Waals surface area contributed by atoms with E-state index in [1.165, 1.54) is 0 Å². The molecule has 35 heavy (non-hydrogen) atoms. The van der Waals surface area contributed by atoms with E-state index in [0.29, 0.717) is 6.42 Å². The first kappa shape index (κ1) is 25.4. The predicted octanol–water partition coefficient (Wildman–Crippen LogP) is 7.14. The van der Waals surface area contributed by atoms with Crippen molar-refractivity contribution in [3.05, 3.63) is 95.9 Å².